The summed E-state index contributed by atoms with van der Waals surface area (Å²) in [5, 5.41) is 2.77. The number of para-hydroxylation sites is 1. The van der Waals surface area contributed by atoms with E-state index in [2.05, 4.69) is 10.2 Å². The number of rotatable bonds is 4. The van der Waals surface area contributed by atoms with Crippen molar-refractivity contribution in [1.29, 1.82) is 0 Å². The van der Waals surface area contributed by atoms with Gasteiger partial charge in [-0.25, -0.2) is 4.39 Å². The monoisotopic (exact) mass is 300 g/mol. The van der Waals surface area contributed by atoms with Crippen LogP contribution in [0.15, 0.2) is 42.5 Å². The lowest BCUT2D eigenvalue weighted by atomic mass is 10.1. The van der Waals surface area contributed by atoms with Gasteiger partial charge in [0.2, 0.25) is 0 Å². The van der Waals surface area contributed by atoms with Gasteiger partial charge in [-0.15, -0.1) is 0 Å². The summed E-state index contributed by atoms with van der Waals surface area (Å²) in [6.45, 7) is 0.761. The zero-order chi connectivity index (χ0) is 15.5. The fraction of sp³-hybridized carbons (Fsp3) is 0.235. The second-order valence-corrected chi connectivity index (χ2v) is 5.28. The van der Waals surface area contributed by atoms with Crippen LogP contribution in [-0.4, -0.2) is 26.1 Å². The number of hydrogen-bond donors (Lipinski definition) is 1. The third-order valence-electron chi connectivity index (χ3n) is 3.69. The number of likely N-dealkylation sites (N-methyl/N-ethyl adjacent to an activating group) is 1. The van der Waals surface area contributed by atoms with Crippen LogP contribution in [-0.2, 0) is 11.2 Å². The van der Waals surface area contributed by atoms with E-state index >= 15 is 0 Å². The highest BCUT2D eigenvalue weighted by molar-refractivity contribution is 5.92. The number of amides is 1. The number of halogens is 1. The summed E-state index contributed by atoms with van der Waals surface area (Å²) in [6.07, 6.45) is 1.02. The number of carbonyl (C=O) groups is 1. The lowest BCUT2D eigenvalue weighted by Crippen LogP contribution is -2.20. The molecule has 1 N–H and O–H groups in total. The zero-order valence-electron chi connectivity index (χ0n) is 12.3. The number of nitrogens with zero attached hydrogens (tertiary/aromatic N) is 1. The molecule has 2 aromatic rings. The van der Waals surface area contributed by atoms with Crippen LogP contribution in [0, 0.1) is 5.82 Å². The summed E-state index contributed by atoms with van der Waals surface area (Å²) in [4.78, 5) is 14.1. The minimum atomic E-state index is -0.477. The smallest absolute Gasteiger partial charge is 0.262 e. The van der Waals surface area contributed by atoms with Gasteiger partial charge in [0.15, 0.2) is 18.2 Å². The Labute approximate surface area is 128 Å². The van der Waals surface area contributed by atoms with Gasteiger partial charge in [0.05, 0.1) is 0 Å². The van der Waals surface area contributed by atoms with Crippen molar-refractivity contribution in [3.05, 3.63) is 53.8 Å². The van der Waals surface area contributed by atoms with Crippen LogP contribution in [0.4, 0.5) is 15.8 Å². The lowest BCUT2D eigenvalue weighted by molar-refractivity contribution is -0.118. The zero-order valence-corrected chi connectivity index (χ0v) is 12.3. The van der Waals surface area contributed by atoms with Crippen molar-refractivity contribution in [2.45, 2.75) is 6.42 Å². The van der Waals surface area contributed by atoms with Gasteiger partial charge in [-0.3, -0.25) is 4.79 Å². The van der Waals surface area contributed by atoms with E-state index < -0.39 is 5.82 Å². The van der Waals surface area contributed by atoms with E-state index in [1.165, 1.54) is 17.7 Å². The lowest BCUT2D eigenvalue weighted by Gasteiger charge is -2.14. The van der Waals surface area contributed by atoms with E-state index in [0.717, 1.165) is 24.3 Å². The molecular weight excluding hydrogens is 283 g/mol. The Kier molecular flexibility index (Phi) is 3.96. The molecule has 0 saturated heterocycles. The third kappa shape index (κ3) is 3.03. The topological polar surface area (TPSA) is 41.6 Å². The van der Waals surface area contributed by atoms with Gasteiger partial charge in [-0.2, -0.15) is 0 Å². The molecule has 0 atom stereocenters. The maximum absolute atomic E-state index is 13.4. The fourth-order valence-electron chi connectivity index (χ4n) is 2.52. The van der Waals surface area contributed by atoms with Gasteiger partial charge in [-0.1, -0.05) is 18.2 Å². The van der Waals surface area contributed by atoms with Crippen LogP contribution >= 0.6 is 0 Å². The third-order valence-corrected chi connectivity index (χ3v) is 3.69. The summed E-state index contributed by atoms with van der Waals surface area (Å²) >= 11 is 0. The van der Waals surface area contributed by atoms with E-state index in [9.17, 15) is 9.18 Å². The normalized spacial score (nSPS) is 12.9. The Morgan fingerprint density at radius 3 is 2.95 bits per heavy atom. The molecule has 22 heavy (non-hydrogen) atoms. The predicted molar refractivity (Wildman–Crippen MR) is 83.9 cm³/mol. The van der Waals surface area contributed by atoms with Gasteiger partial charge >= 0.3 is 0 Å². The first-order valence-electron chi connectivity index (χ1n) is 7.15. The summed E-state index contributed by atoms with van der Waals surface area (Å²) < 4.78 is 18.6. The molecule has 3 rings (SSSR count). The van der Waals surface area contributed by atoms with E-state index in [-0.39, 0.29) is 18.3 Å². The van der Waals surface area contributed by atoms with Gasteiger partial charge in [0.1, 0.15) is 0 Å². The highest BCUT2D eigenvalue weighted by Gasteiger charge is 2.16. The van der Waals surface area contributed by atoms with Crippen molar-refractivity contribution < 1.29 is 13.9 Å². The highest BCUT2D eigenvalue weighted by atomic mass is 19.1. The maximum Gasteiger partial charge on any atom is 0.262 e. The number of benzene rings is 2. The molecule has 5 heteroatoms. The number of carbonyl (C=O) groups excluding carboxylic acids is 1. The van der Waals surface area contributed by atoms with E-state index in [4.69, 9.17) is 4.74 Å². The highest BCUT2D eigenvalue weighted by Crippen LogP contribution is 2.29. The second kappa shape index (κ2) is 6.05. The SMILES string of the molecule is CN1CCc2ccc(NC(=O)COc3ccccc3F)cc21. The van der Waals surface area contributed by atoms with Crippen molar-refractivity contribution >= 4 is 17.3 Å². The average molecular weight is 300 g/mol. The molecule has 1 heterocycles. The first-order chi connectivity index (χ1) is 10.6. The standard InChI is InChI=1S/C17H17FN2O2/c1-20-9-8-12-6-7-13(10-15(12)20)19-17(21)11-22-16-5-3-2-4-14(16)18/h2-7,10H,8-9,11H2,1H3,(H,19,21). The molecule has 0 fully saturated rings. The maximum atomic E-state index is 13.4. The molecule has 2 aromatic carbocycles. The van der Waals surface area contributed by atoms with Crippen LogP contribution in [0.2, 0.25) is 0 Å². The molecular formula is C17H17FN2O2. The molecule has 1 amide bonds. The summed E-state index contributed by atoms with van der Waals surface area (Å²) in [5.74, 6) is -0.718. The average Bonchev–Trinajstić information content (AvgIpc) is 2.88. The summed E-state index contributed by atoms with van der Waals surface area (Å²) in [6, 6.07) is 11.9. The summed E-state index contributed by atoms with van der Waals surface area (Å²) in [7, 11) is 2.03. The van der Waals surface area contributed by atoms with E-state index in [0.29, 0.717) is 0 Å². The largest absolute Gasteiger partial charge is 0.481 e. The molecule has 4 nitrogen and oxygen atoms in total. The van der Waals surface area contributed by atoms with Crippen molar-refractivity contribution in [3.8, 4) is 5.75 Å². The van der Waals surface area contributed by atoms with Crippen LogP contribution in [0.25, 0.3) is 0 Å². The molecule has 114 valence electrons. The van der Waals surface area contributed by atoms with Crippen LogP contribution in [0.3, 0.4) is 0 Å². The molecule has 1 aliphatic rings. The van der Waals surface area contributed by atoms with Crippen molar-refractivity contribution in [3.63, 3.8) is 0 Å². The van der Waals surface area contributed by atoms with Crippen LogP contribution in [0.1, 0.15) is 5.56 Å². The van der Waals surface area contributed by atoms with E-state index in [1.54, 1.807) is 12.1 Å². The van der Waals surface area contributed by atoms with Crippen molar-refractivity contribution in [1.82, 2.24) is 0 Å². The Hall–Kier alpha value is -2.56. The number of fused-ring (bicyclic) bond motifs is 1. The molecule has 0 saturated carbocycles. The van der Waals surface area contributed by atoms with Crippen molar-refractivity contribution in [2.24, 2.45) is 0 Å². The van der Waals surface area contributed by atoms with Crippen LogP contribution in [0.5, 0.6) is 5.75 Å². The Balaban J connectivity index is 1.61. The van der Waals surface area contributed by atoms with E-state index in [1.807, 2.05) is 25.2 Å². The number of anilines is 2. The molecule has 0 aromatic heterocycles. The molecule has 0 aliphatic carbocycles. The van der Waals surface area contributed by atoms with Gasteiger partial charge < -0.3 is 15.0 Å². The molecule has 0 unspecified atom stereocenters. The minimum absolute atomic E-state index is 0.0753. The second-order valence-electron chi connectivity index (χ2n) is 5.28. The first kappa shape index (κ1) is 14.4. The Morgan fingerprint density at radius 1 is 1.32 bits per heavy atom. The molecule has 0 spiro atoms. The molecule has 0 bridgehead atoms. The van der Waals surface area contributed by atoms with Gasteiger partial charge in [-0.05, 0) is 36.2 Å². The quantitative estimate of drug-likeness (QED) is 0.944. The first-order valence-corrected chi connectivity index (χ1v) is 7.15. The van der Waals surface area contributed by atoms with Crippen molar-refractivity contribution in [2.75, 3.05) is 30.4 Å². The minimum Gasteiger partial charge on any atom is -0.481 e. The number of hydrogen-bond acceptors (Lipinski definition) is 3. The number of nitrogens with one attached hydrogen (secondary N) is 1. The van der Waals surface area contributed by atoms with Gasteiger partial charge in [0.25, 0.3) is 5.91 Å². The van der Waals surface area contributed by atoms with Gasteiger partial charge in [0, 0.05) is 25.0 Å². The molecule has 0 radical (unpaired) electrons. The predicted octanol–water partition coefficient (Wildman–Crippen LogP) is 2.84. The summed E-state index contributed by atoms with van der Waals surface area (Å²) in [5.41, 5.74) is 3.13. The van der Waals surface area contributed by atoms with Crippen LogP contribution < -0.4 is 15.0 Å². The Morgan fingerprint density at radius 2 is 2.14 bits per heavy atom. The Bertz CT molecular complexity index is 703. The fourth-order valence-corrected chi connectivity index (χ4v) is 2.52. The number of ether oxygens (including phenoxy) is 1. The molecule has 1 aliphatic heterocycles.